The summed E-state index contributed by atoms with van der Waals surface area (Å²) in [6, 6.07) is 1.89. The molecule has 1 amide bonds. The third-order valence-electron chi connectivity index (χ3n) is 2.77. The molecule has 0 aromatic carbocycles. The maximum atomic E-state index is 12.3. The second-order valence-electron chi connectivity index (χ2n) is 4.07. The van der Waals surface area contributed by atoms with Crippen LogP contribution in [0.15, 0.2) is 22.9 Å². The van der Waals surface area contributed by atoms with E-state index < -0.39 is 0 Å². The molecule has 96 valence electrons. The monoisotopic (exact) mass is 311 g/mol. The van der Waals surface area contributed by atoms with Gasteiger partial charge in [-0.25, -0.2) is 0 Å². The molecule has 0 aliphatic carbocycles. The number of halogens is 1. The second-order valence-corrected chi connectivity index (χ2v) is 4.93. The molecule has 0 unspecified atom stereocenters. The van der Waals surface area contributed by atoms with Gasteiger partial charge in [-0.15, -0.1) is 0 Å². The molecule has 0 bridgehead atoms. The number of hydrogen-bond donors (Lipinski definition) is 0. The van der Waals surface area contributed by atoms with E-state index in [-0.39, 0.29) is 5.91 Å². The minimum atomic E-state index is -0.0805. The molecule has 0 saturated carbocycles. The first-order valence-corrected chi connectivity index (χ1v) is 6.20. The summed E-state index contributed by atoms with van der Waals surface area (Å²) in [6.07, 6.45) is 3.33. The van der Waals surface area contributed by atoms with Crippen molar-refractivity contribution in [3.05, 3.63) is 34.3 Å². The summed E-state index contributed by atoms with van der Waals surface area (Å²) in [6.45, 7) is 0.507. The van der Waals surface area contributed by atoms with Gasteiger partial charge < -0.3 is 4.90 Å². The number of nitrogens with zero attached hydrogens (tertiary/aromatic N) is 5. The number of carbonyl (C=O) groups is 1. The Labute approximate surface area is 113 Å². The minimum Gasteiger partial charge on any atom is -0.334 e. The SMILES string of the molecule is CN(Cc1ccnn1C)C(=O)c1c(Br)cnn1C. The second kappa shape index (κ2) is 4.93. The van der Waals surface area contributed by atoms with Gasteiger partial charge in [-0.05, 0) is 22.0 Å². The topological polar surface area (TPSA) is 56.0 Å². The van der Waals surface area contributed by atoms with E-state index in [1.807, 2.05) is 13.1 Å². The Morgan fingerprint density at radius 2 is 2.11 bits per heavy atom. The first kappa shape index (κ1) is 12.8. The minimum absolute atomic E-state index is 0.0805. The predicted molar refractivity (Wildman–Crippen MR) is 69.9 cm³/mol. The van der Waals surface area contributed by atoms with E-state index in [2.05, 4.69) is 26.1 Å². The van der Waals surface area contributed by atoms with Crippen molar-refractivity contribution >= 4 is 21.8 Å². The number of amides is 1. The molecule has 0 spiro atoms. The van der Waals surface area contributed by atoms with Gasteiger partial charge in [-0.2, -0.15) is 10.2 Å². The molecule has 0 atom stereocenters. The lowest BCUT2D eigenvalue weighted by atomic mass is 10.3. The van der Waals surface area contributed by atoms with Gasteiger partial charge in [0.25, 0.3) is 5.91 Å². The number of aryl methyl sites for hydroxylation is 2. The Balaban J connectivity index is 2.17. The lowest BCUT2D eigenvalue weighted by Gasteiger charge is -2.17. The molecule has 2 aromatic heterocycles. The van der Waals surface area contributed by atoms with Crippen LogP contribution in [0.25, 0.3) is 0 Å². The first-order valence-electron chi connectivity index (χ1n) is 5.40. The zero-order valence-electron chi connectivity index (χ0n) is 10.5. The average molecular weight is 312 g/mol. The maximum absolute atomic E-state index is 12.3. The zero-order valence-corrected chi connectivity index (χ0v) is 12.0. The number of aromatic nitrogens is 4. The molecule has 0 N–H and O–H groups in total. The predicted octanol–water partition coefficient (Wildman–Crippen LogP) is 1.19. The highest BCUT2D eigenvalue weighted by molar-refractivity contribution is 9.10. The average Bonchev–Trinajstić information content (AvgIpc) is 2.86. The highest BCUT2D eigenvalue weighted by Gasteiger charge is 2.19. The molecule has 7 heteroatoms. The van der Waals surface area contributed by atoms with E-state index in [1.165, 1.54) is 0 Å². The molecule has 18 heavy (non-hydrogen) atoms. The molecule has 2 rings (SSSR count). The first-order chi connectivity index (χ1) is 8.50. The third-order valence-corrected chi connectivity index (χ3v) is 3.35. The summed E-state index contributed by atoms with van der Waals surface area (Å²) in [5.41, 5.74) is 1.52. The molecule has 0 fully saturated rings. The van der Waals surface area contributed by atoms with Crippen LogP contribution in [0.3, 0.4) is 0 Å². The van der Waals surface area contributed by atoms with Crippen molar-refractivity contribution in [3.63, 3.8) is 0 Å². The van der Waals surface area contributed by atoms with Gasteiger partial charge in [0.15, 0.2) is 0 Å². The van der Waals surface area contributed by atoms with Crippen LogP contribution in [0.1, 0.15) is 16.2 Å². The number of carbonyl (C=O) groups excluding carboxylic acids is 1. The van der Waals surface area contributed by atoms with Crippen molar-refractivity contribution in [3.8, 4) is 0 Å². The summed E-state index contributed by atoms with van der Waals surface area (Å²) in [7, 11) is 5.36. The molecule has 2 aromatic rings. The van der Waals surface area contributed by atoms with Crippen LogP contribution < -0.4 is 0 Å². The van der Waals surface area contributed by atoms with Gasteiger partial charge in [0, 0.05) is 27.3 Å². The van der Waals surface area contributed by atoms with E-state index in [0.717, 1.165) is 5.69 Å². The highest BCUT2D eigenvalue weighted by atomic mass is 79.9. The highest BCUT2D eigenvalue weighted by Crippen LogP contribution is 2.17. The number of rotatable bonds is 3. The normalized spacial score (nSPS) is 10.7. The smallest absolute Gasteiger partial charge is 0.273 e. The van der Waals surface area contributed by atoms with E-state index in [0.29, 0.717) is 16.7 Å². The fourth-order valence-electron chi connectivity index (χ4n) is 1.70. The van der Waals surface area contributed by atoms with Crippen molar-refractivity contribution in [2.75, 3.05) is 7.05 Å². The molecule has 2 heterocycles. The van der Waals surface area contributed by atoms with Crippen LogP contribution in [-0.4, -0.2) is 37.4 Å². The van der Waals surface area contributed by atoms with E-state index in [9.17, 15) is 4.79 Å². The third kappa shape index (κ3) is 2.31. The molecule has 0 aliphatic heterocycles. The summed E-state index contributed by atoms with van der Waals surface area (Å²) in [4.78, 5) is 13.9. The quantitative estimate of drug-likeness (QED) is 0.855. The van der Waals surface area contributed by atoms with Crippen molar-refractivity contribution in [2.45, 2.75) is 6.54 Å². The maximum Gasteiger partial charge on any atom is 0.273 e. The Hall–Kier alpha value is -1.63. The van der Waals surface area contributed by atoms with Gasteiger partial charge in [0.2, 0.25) is 0 Å². The Kier molecular flexibility index (Phi) is 3.51. The van der Waals surface area contributed by atoms with Crippen molar-refractivity contribution in [1.82, 2.24) is 24.5 Å². The van der Waals surface area contributed by atoms with Crippen LogP contribution in [0.5, 0.6) is 0 Å². The fourth-order valence-corrected chi connectivity index (χ4v) is 2.22. The largest absolute Gasteiger partial charge is 0.334 e. The molecular formula is C11H14BrN5O. The molecule has 6 nitrogen and oxygen atoms in total. The zero-order chi connectivity index (χ0) is 13.3. The summed E-state index contributed by atoms with van der Waals surface area (Å²) < 4.78 is 4.01. The van der Waals surface area contributed by atoms with Gasteiger partial charge in [-0.3, -0.25) is 14.2 Å². The van der Waals surface area contributed by atoms with Gasteiger partial charge in [-0.1, -0.05) is 0 Å². The van der Waals surface area contributed by atoms with Crippen LogP contribution >= 0.6 is 15.9 Å². The lowest BCUT2D eigenvalue weighted by Crippen LogP contribution is -2.29. The Bertz CT molecular complexity index is 554. The van der Waals surface area contributed by atoms with Crippen molar-refractivity contribution in [1.29, 1.82) is 0 Å². The van der Waals surface area contributed by atoms with Gasteiger partial charge in [0.1, 0.15) is 5.69 Å². The molecular weight excluding hydrogens is 298 g/mol. The summed E-state index contributed by atoms with van der Waals surface area (Å²) in [5, 5.41) is 8.12. The lowest BCUT2D eigenvalue weighted by molar-refractivity contribution is 0.0770. The van der Waals surface area contributed by atoms with Crippen LogP contribution in [0.4, 0.5) is 0 Å². The van der Waals surface area contributed by atoms with Crippen molar-refractivity contribution < 1.29 is 4.79 Å². The van der Waals surface area contributed by atoms with E-state index in [4.69, 9.17) is 0 Å². The van der Waals surface area contributed by atoms with Crippen LogP contribution in [0, 0.1) is 0 Å². The summed E-state index contributed by atoms with van der Waals surface area (Å²) >= 11 is 3.33. The van der Waals surface area contributed by atoms with Crippen molar-refractivity contribution in [2.24, 2.45) is 14.1 Å². The van der Waals surface area contributed by atoms with Crippen LogP contribution in [0.2, 0.25) is 0 Å². The van der Waals surface area contributed by atoms with Gasteiger partial charge >= 0.3 is 0 Å². The summed E-state index contributed by atoms with van der Waals surface area (Å²) in [5.74, 6) is -0.0805. The standard InChI is InChI=1S/C11H14BrN5O/c1-15(7-8-4-5-13-16(8)2)11(18)10-9(12)6-14-17(10)3/h4-6H,7H2,1-3H3. The molecule has 0 saturated heterocycles. The van der Waals surface area contributed by atoms with Gasteiger partial charge in [0.05, 0.1) is 22.9 Å². The Morgan fingerprint density at radius 3 is 2.61 bits per heavy atom. The van der Waals surface area contributed by atoms with E-state index >= 15 is 0 Å². The van der Waals surface area contributed by atoms with E-state index in [1.54, 1.807) is 40.8 Å². The molecule has 0 aliphatic rings. The number of hydrogen-bond acceptors (Lipinski definition) is 3. The fraction of sp³-hybridized carbons (Fsp3) is 0.364. The molecule has 0 radical (unpaired) electrons. The van der Waals surface area contributed by atoms with Crippen LogP contribution in [-0.2, 0) is 20.6 Å². The Morgan fingerprint density at radius 1 is 1.39 bits per heavy atom.